The quantitative estimate of drug-likeness (QED) is 0.779. The lowest BCUT2D eigenvalue weighted by Crippen LogP contribution is -2.43. The molecule has 9 heteroatoms. The molecule has 0 saturated carbocycles. The molecule has 0 amide bonds. The van der Waals surface area contributed by atoms with Crippen molar-refractivity contribution in [1.29, 1.82) is 0 Å². The molecule has 1 N–H and O–H groups in total. The molecular weight excluding hydrogens is 330 g/mol. The van der Waals surface area contributed by atoms with E-state index in [1.54, 1.807) is 38.4 Å². The molecule has 132 valence electrons. The first-order valence-corrected chi connectivity index (χ1v) is 9.34. The number of hydrogen-bond donors (Lipinski definition) is 1. The zero-order chi connectivity index (χ0) is 17.7. The third-order valence-electron chi connectivity index (χ3n) is 3.63. The number of hydrogen-bond acceptors (Lipinski definition) is 6. The third-order valence-corrected chi connectivity index (χ3v) is 5.38. The van der Waals surface area contributed by atoms with Crippen LogP contribution in [0.3, 0.4) is 0 Å². The van der Waals surface area contributed by atoms with E-state index in [9.17, 15) is 8.42 Å². The van der Waals surface area contributed by atoms with E-state index in [1.165, 1.54) is 4.31 Å². The average molecular weight is 353 g/mol. The first-order valence-electron chi connectivity index (χ1n) is 7.90. The molecule has 0 bridgehead atoms. The van der Waals surface area contributed by atoms with Crippen LogP contribution in [-0.4, -0.2) is 40.9 Å². The van der Waals surface area contributed by atoms with E-state index in [0.29, 0.717) is 18.9 Å². The van der Waals surface area contributed by atoms with Crippen molar-refractivity contribution in [3.63, 3.8) is 0 Å². The second-order valence-corrected chi connectivity index (χ2v) is 7.32. The molecule has 0 aliphatic carbocycles. The molecule has 1 atom stereocenters. The van der Waals surface area contributed by atoms with Gasteiger partial charge in [0.2, 0.25) is 11.7 Å². The second-order valence-electron chi connectivity index (χ2n) is 5.62. The Balaban J connectivity index is 2.28. The van der Waals surface area contributed by atoms with E-state index in [4.69, 9.17) is 4.52 Å². The Morgan fingerprint density at radius 2 is 1.83 bits per heavy atom. The number of rotatable bonds is 8. The molecule has 8 nitrogen and oxygen atoms in total. The van der Waals surface area contributed by atoms with Crippen molar-refractivity contribution in [3.05, 3.63) is 30.4 Å². The predicted octanol–water partition coefficient (Wildman–Crippen LogP) is 2.00. The van der Waals surface area contributed by atoms with Gasteiger partial charge in [0.05, 0.1) is 0 Å². The third kappa shape index (κ3) is 4.16. The zero-order valence-corrected chi connectivity index (χ0v) is 15.1. The van der Waals surface area contributed by atoms with Crippen molar-refractivity contribution in [2.45, 2.75) is 33.7 Å². The topological polar surface area (TPSA) is 101 Å². The van der Waals surface area contributed by atoms with E-state index in [1.807, 2.05) is 13.8 Å². The summed E-state index contributed by atoms with van der Waals surface area (Å²) in [6.07, 6.45) is 3.27. The lowest BCUT2D eigenvalue weighted by molar-refractivity contribution is 0.305. The van der Waals surface area contributed by atoms with E-state index in [0.717, 1.165) is 5.56 Å². The summed E-state index contributed by atoms with van der Waals surface area (Å²) < 4.78 is 34.3. The minimum absolute atomic E-state index is 0.0546. The molecule has 0 aliphatic heterocycles. The van der Waals surface area contributed by atoms with E-state index in [2.05, 4.69) is 19.8 Å². The molecule has 0 fully saturated rings. The SMILES string of the molecule is CCN(CC)S(=O)(=O)NC(c1nc(-c2ccncc2)no1)C(C)C. The van der Waals surface area contributed by atoms with Crippen molar-refractivity contribution in [3.8, 4) is 11.4 Å². The molecule has 2 heterocycles. The summed E-state index contributed by atoms with van der Waals surface area (Å²) in [6.45, 7) is 8.16. The van der Waals surface area contributed by atoms with E-state index in [-0.39, 0.29) is 11.8 Å². The summed E-state index contributed by atoms with van der Waals surface area (Å²) in [6, 6.07) is 2.93. The van der Waals surface area contributed by atoms with Crippen molar-refractivity contribution in [1.82, 2.24) is 24.2 Å². The normalized spacial score (nSPS) is 13.6. The molecule has 0 spiro atoms. The highest BCUT2D eigenvalue weighted by atomic mass is 32.2. The lowest BCUT2D eigenvalue weighted by atomic mass is 10.1. The highest BCUT2D eigenvalue weighted by Gasteiger charge is 2.30. The predicted molar refractivity (Wildman–Crippen MR) is 90.1 cm³/mol. The van der Waals surface area contributed by atoms with Crippen molar-refractivity contribution >= 4 is 10.2 Å². The van der Waals surface area contributed by atoms with Gasteiger partial charge in [-0.3, -0.25) is 4.98 Å². The number of aromatic nitrogens is 3. The highest BCUT2D eigenvalue weighted by Crippen LogP contribution is 2.24. The van der Waals surface area contributed by atoms with Crippen LogP contribution in [0.4, 0.5) is 0 Å². The van der Waals surface area contributed by atoms with Crippen LogP contribution in [0.2, 0.25) is 0 Å². The molecule has 2 rings (SSSR count). The van der Waals surface area contributed by atoms with Gasteiger partial charge < -0.3 is 4.52 Å². The minimum atomic E-state index is -3.62. The van der Waals surface area contributed by atoms with Gasteiger partial charge in [-0.1, -0.05) is 32.9 Å². The Bertz CT molecular complexity index is 741. The van der Waals surface area contributed by atoms with Crippen LogP contribution in [0.5, 0.6) is 0 Å². The van der Waals surface area contributed by atoms with Gasteiger partial charge in [-0.25, -0.2) is 0 Å². The summed E-state index contributed by atoms with van der Waals surface area (Å²) in [5.74, 6) is 0.591. The van der Waals surface area contributed by atoms with Crippen LogP contribution in [0.1, 0.15) is 39.6 Å². The Morgan fingerprint density at radius 3 is 2.38 bits per heavy atom. The van der Waals surface area contributed by atoms with Gasteiger partial charge in [-0.15, -0.1) is 0 Å². The number of nitrogens with one attached hydrogen (secondary N) is 1. The summed E-state index contributed by atoms with van der Waals surface area (Å²) in [7, 11) is -3.62. The minimum Gasteiger partial charge on any atom is -0.337 e. The molecule has 0 aliphatic rings. The standard InChI is InChI=1S/C15H23N5O3S/c1-5-20(6-2)24(21,22)19-13(11(3)4)15-17-14(18-23-15)12-7-9-16-10-8-12/h7-11,13,19H,5-6H2,1-4H3. The van der Waals surface area contributed by atoms with Crippen molar-refractivity contribution < 1.29 is 12.9 Å². The van der Waals surface area contributed by atoms with Gasteiger partial charge >= 0.3 is 0 Å². The van der Waals surface area contributed by atoms with Crippen LogP contribution in [0, 0.1) is 5.92 Å². The van der Waals surface area contributed by atoms with E-state index < -0.39 is 16.3 Å². The first-order chi connectivity index (χ1) is 11.4. The van der Waals surface area contributed by atoms with Crippen molar-refractivity contribution in [2.24, 2.45) is 5.92 Å². The smallest absolute Gasteiger partial charge is 0.280 e. The monoisotopic (exact) mass is 353 g/mol. The maximum atomic E-state index is 12.5. The zero-order valence-electron chi connectivity index (χ0n) is 14.3. The second kappa shape index (κ2) is 7.82. The molecular formula is C15H23N5O3S. The van der Waals surface area contributed by atoms with Crippen LogP contribution in [0.25, 0.3) is 11.4 Å². The van der Waals surface area contributed by atoms with Crippen LogP contribution < -0.4 is 4.72 Å². The van der Waals surface area contributed by atoms with E-state index >= 15 is 0 Å². The lowest BCUT2D eigenvalue weighted by Gasteiger charge is -2.24. The Morgan fingerprint density at radius 1 is 1.21 bits per heavy atom. The largest absolute Gasteiger partial charge is 0.337 e. The molecule has 0 saturated heterocycles. The van der Waals surface area contributed by atoms with Gasteiger partial charge in [-0.05, 0) is 18.1 Å². The maximum Gasteiger partial charge on any atom is 0.280 e. The van der Waals surface area contributed by atoms with Gasteiger partial charge in [0.25, 0.3) is 10.2 Å². The summed E-state index contributed by atoms with van der Waals surface area (Å²) in [5, 5.41) is 3.94. The fraction of sp³-hybridized carbons (Fsp3) is 0.533. The summed E-state index contributed by atoms with van der Waals surface area (Å²) >= 11 is 0. The summed E-state index contributed by atoms with van der Waals surface area (Å²) in [5.41, 5.74) is 0.758. The molecule has 0 aromatic carbocycles. The molecule has 24 heavy (non-hydrogen) atoms. The van der Waals surface area contributed by atoms with Gasteiger partial charge in [0, 0.05) is 31.0 Å². The van der Waals surface area contributed by atoms with Gasteiger partial charge in [0.1, 0.15) is 6.04 Å². The van der Waals surface area contributed by atoms with Crippen LogP contribution in [0.15, 0.2) is 29.0 Å². The molecule has 2 aromatic rings. The molecule has 1 unspecified atom stereocenters. The highest BCUT2D eigenvalue weighted by molar-refractivity contribution is 7.87. The number of nitrogens with zero attached hydrogens (tertiary/aromatic N) is 4. The molecule has 2 aromatic heterocycles. The Kier molecular flexibility index (Phi) is 6.03. The fourth-order valence-corrected chi connectivity index (χ4v) is 3.77. The fourth-order valence-electron chi connectivity index (χ4n) is 2.25. The van der Waals surface area contributed by atoms with Crippen LogP contribution in [-0.2, 0) is 10.2 Å². The molecule has 0 radical (unpaired) electrons. The maximum absolute atomic E-state index is 12.5. The first kappa shape index (κ1) is 18.5. The number of pyridine rings is 1. The Hall–Kier alpha value is -1.84. The van der Waals surface area contributed by atoms with Gasteiger partial charge in [0.15, 0.2) is 0 Å². The summed E-state index contributed by atoms with van der Waals surface area (Å²) in [4.78, 5) is 8.29. The Labute approximate surface area is 142 Å². The van der Waals surface area contributed by atoms with Crippen LogP contribution >= 0.6 is 0 Å². The van der Waals surface area contributed by atoms with Gasteiger partial charge in [-0.2, -0.15) is 22.4 Å². The van der Waals surface area contributed by atoms with Crippen molar-refractivity contribution in [2.75, 3.05) is 13.1 Å². The average Bonchev–Trinajstić information content (AvgIpc) is 3.04.